The molecule has 1 saturated carbocycles. The van der Waals surface area contributed by atoms with E-state index in [1.807, 2.05) is 6.07 Å². The van der Waals surface area contributed by atoms with Gasteiger partial charge in [-0.05, 0) is 44.6 Å². The largest absolute Gasteiger partial charge is 0.302 e. The van der Waals surface area contributed by atoms with Crippen LogP contribution in [-0.4, -0.2) is 24.5 Å². The third kappa shape index (κ3) is 2.81. The quantitative estimate of drug-likeness (QED) is 0.649. The summed E-state index contributed by atoms with van der Waals surface area (Å²) in [7, 11) is 4.18. The third-order valence-electron chi connectivity index (χ3n) is 4.50. The molecule has 0 amide bonds. The summed E-state index contributed by atoms with van der Waals surface area (Å²) in [6, 6.07) is 6.72. The van der Waals surface area contributed by atoms with Crippen LogP contribution < -0.4 is 11.3 Å². The van der Waals surface area contributed by atoms with Crippen molar-refractivity contribution >= 4 is 0 Å². The summed E-state index contributed by atoms with van der Waals surface area (Å²) < 4.78 is 13.5. The van der Waals surface area contributed by atoms with E-state index in [4.69, 9.17) is 5.84 Å². The Hall–Kier alpha value is -0.970. The van der Waals surface area contributed by atoms with Gasteiger partial charge in [-0.25, -0.2) is 4.39 Å². The van der Waals surface area contributed by atoms with Gasteiger partial charge in [-0.15, -0.1) is 0 Å². The van der Waals surface area contributed by atoms with E-state index in [1.54, 1.807) is 12.1 Å². The highest BCUT2D eigenvalue weighted by Gasteiger charge is 2.42. The Kier molecular flexibility index (Phi) is 4.55. The lowest BCUT2D eigenvalue weighted by Crippen LogP contribution is -2.56. The molecule has 1 aliphatic carbocycles. The van der Waals surface area contributed by atoms with Gasteiger partial charge in [-0.3, -0.25) is 11.3 Å². The number of hydrogen-bond acceptors (Lipinski definition) is 3. The number of nitrogens with one attached hydrogen (secondary N) is 1. The van der Waals surface area contributed by atoms with E-state index in [-0.39, 0.29) is 17.4 Å². The normalized spacial score (nSPS) is 20.5. The average molecular weight is 265 g/mol. The molecule has 0 spiro atoms. The molecule has 19 heavy (non-hydrogen) atoms. The van der Waals surface area contributed by atoms with Gasteiger partial charge in [0.15, 0.2) is 0 Å². The van der Waals surface area contributed by atoms with Crippen molar-refractivity contribution in [3.8, 4) is 0 Å². The third-order valence-corrected chi connectivity index (χ3v) is 4.50. The highest BCUT2D eigenvalue weighted by Crippen LogP contribution is 2.41. The molecule has 3 N–H and O–H groups in total. The van der Waals surface area contributed by atoms with Gasteiger partial charge in [-0.1, -0.05) is 31.4 Å². The number of hydrogen-bond donors (Lipinski definition) is 2. The Morgan fingerprint density at radius 3 is 2.47 bits per heavy atom. The topological polar surface area (TPSA) is 41.3 Å². The van der Waals surface area contributed by atoms with E-state index in [1.165, 1.54) is 25.3 Å². The maximum atomic E-state index is 13.5. The monoisotopic (exact) mass is 265 g/mol. The van der Waals surface area contributed by atoms with E-state index >= 15 is 0 Å². The van der Waals surface area contributed by atoms with Crippen LogP contribution in [0.15, 0.2) is 24.3 Å². The summed E-state index contributed by atoms with van der Waals surface area (Å²) in [5.74, 6) is 5.60. The van der Waals surface area contributed by atoms with Crippen LogP contribution in [0.4, 0.5) is 4.39 Å². The molecule has 1 aromatic carbocycles. The Bertz CT molecular complexity index is 414. The van der Waals surface area contributed by atoms with Crippen LogP contribution >= 0.6 is 0 Å². The zero-order chi connectivity index (χ0) is 13.9. The van der Waals surface area contributed by atoms with Gasteiger partial charge in [0.2, 0.25) is 0 Å². The highest BCUT2D eigenvalue weighted by molar-refractivity contribution is 5.24. The molecule has 4 heteroatoms. The fourth-order valence-electron chi connectivity index (χ4n) is 3.41. The molecule has 0 radical (unpaired) electrons. The van der Waals surface area contributed by atoms with Gasteiger partial charge >= 0.3 is 0 Å². The van der Waals surface area contributed by atoms with Crippen LogP contribution in [0.25, 0.3) is 0 Å². The first kappa shape index (κ1) is 14.4. The molecule has 1 fully saturated rings. The standard InChI is InChI=1S/C15H24FN3/c1-19(2)15(9-4-3-5-10-15)14(18-17)12-7-6-8-13(16)11-12/h6-8,11,14,18H,3-5,9-10,17H2,1-2H3. The van der Waals surface area contributed by atoms with Gasteiger partial charge in [0.25, 0.3) is 0 Å². The minimum Gasteiger partial charge on any atom is -0.302 e. The van der Waals surface area contributed by atoms with Crippen LogP contribution in [0.5, 0.6) is 0 Å². The molecule has 0 saturated heterocycles. The van der Waals surface area contributed by atoms with Crippen molar-refractivity contribution in [2.24, 2.45) is 5.84 Å². The first-order chi connectivity index (χ1) is 9.10. The molecule has 0 aliphatic heterocycles. The molecular weight excluding hydrogens is 241 g/mol. The fraction of sp³-hybridized carbons (Fsp3) is 0.600. The number of nitrogens with two attached hydrogens (primary N) is 1. The van der Waals surface area contributed by atoms with Gasteiger partial charge in [0, 0.05) is 5.54 Å². The Morgan fingerprint density at radius 1 is 1.26 bits per heavy atom. The first-order valence-corrected chi connectivity index (χ1v) is 6.99. The number of hydrazine groups is 1. The molecule has 0 aromatic heterocycles. The highest BCUT2D eigenvalue weighted by atomic mass is 19.1. The molecule has 3 nitrogen and oxygen atoms in total. The van der Waals surface area contributed by atoms with Crippen molar-refractivity contribution in [2.45, 2.75) is 43.7 Å². The molecule has 106 valence electrons. The van der Waals surface area contributed by atoms with Gasteiger partial charge in [0.05, 0.1) is 6.04 Å². The lowest BCUT2D eigenvalue weighted by atomic mass is 9.73. The maximum absolute atomic E-state index is 13.5. The number of rotatable bonds is 4. The van der Waals surface area contributed by atoms with Crippen molar-refractivity contribution in [1.29, 1.82) is 0 Å². The SMILES string of the molecule is CN(C)C1(C(NN)c2cccc(F)c2)CCCCC1. The smallest absolute Gasteiger partial charge is 0.123 e. The summed E-state index contributed by atoms with van der Waals surface area (Å²) >= 11 is 0. The number of halogens is 1. The van der Waals surface area contributed by atoms with Crippen molar-refractivity contribution in [3.05, 3.63) is 35.6 Å². The molecule has 1 atom stereocenters. The Morgan fingerprint density at radius 2 is 1.95 bits per heavy atom. The number of benzene rings is 1. The maximum Gasteiger partial charge on any atom is 0.123 e. The van der Waals surface area contributed by atoms with Crippen LogP contribution in [0.2, 0.25) is 0 Å². The lowest BCUT2D eigenvalue weighted by Gasteiger charge is -2.48. The lowest BCUT2D eigenvalue weighted by molar-refractivity contribution is 0.0563. The van der Waals surface area contributed by atoms with E-state index < -0.39 is 0 Å². The predicted octanol–water partition coefficient (Wildman–Crippen LogP) is 2.59. The summed E-state index contributed by atoms with van der Waals surface area (Å²) in [6.07, 6.45) is 5.85. The zero-order valence-corrected chi connectivity index (χ0v) is 11.8. The molecule has 1 unspecified atom stereocenters. The van der Waals surface area contributed by atoms with Crippen LogP contribution in [0.3, 0.4) is 0 Å². The fourth-order valence-corrected chi connectivity index (χ4v) is 3.41. The number of likely N-dealkylation sites (N-methyl/N-ethyl adjacent to an activating group) is 1. The minimum atomic E-state index is -0.206. The predicted molar refractivity (Wildman–Crippen MR) is 76.0 cm³/mol. The van der Waals surface area contributed by atoms with E-state index in [0.717, 1.165) is 18.4 Å². The van der Waals surface area contributed by atoms with Crippen molar-refractivity contribution in [1.82, 2.24) is 10.3 Å². The second-order valence-electron chi connectivity index (χ2n) is 5.71. The van der Waals surface area contributed by atoms with Gasteiger partial charge in [-0.2, -0.15) is 0 Å². The molecule has 0 heterocycles. The first-order valence-electron chi connectivity index (χ1n) is 6.99. The van der Waals surface area contributed by atoms with Crippen LogP contribution in [0.1, 0.15) is 43.7 Å². The van der Waals surface area contributed by atoms with Crippen molar-refractivity contribution < 1.29 is 4.39 Å². The van der Waals surface area contributed by atoms with Gasteiger partial charge in [0.1, 0.15) is 5.82 Å². The summed E-state index contributed by atoms with van der Waals surface area (Å²) in [5, 5.41) is 0. The second kappa shape index (κ2) is 5.99. The summed E-state index contributed by atoms with van der Waals surface area (Å²) in [5.41, 5.74) is 3.83. The van der Waals surface area contributed by atoms with E-state index in [9.17, 15) is 4.39 Å². The second-order valence-corrected chi connectivity index (χ2v) is 5.71. The van der Waals surface area contributed by atoms with Crippen molar-refractivity contribution in [3.63, 3.8) is 0 Å². The molecule has 2 rings (SSSR count). The Labute approximate surface area is 114 Å². The van der Waals surface area contributed by atoms with E-state index in [0.29, 0.717) is 0 Å². The van der Waals surface area contributed by atoms with Gasteiger partial charge < -0.3 is 4.90 Å². The van der Waals surface area contributed by atoms with Crippen molar-refractivity contribution in [2.75, 3.05) is 14.1 Å². The summed E-state index contributed by atoms with van der Waals surface area (Å²) in [6.45, 7) is 0. The zero-order valence-electron chi connectivity index (χ0n) is 11.8. The molecule has 0 bridgehead atoms. The average Bonchev–Trinajstić information content (AvgIpc) is 2.40. The minimum absolute atomic E-state index is 0.0270. The van der Waals surface area contributed by atoms with Crippen LogP contribution in [-0.2, 0) is 0 Å². The Balaban J connectivity index is 2.37. The summed E-state index contributed by atoms with van der Waals surface area (Å²) in [4.78, 5) is 2.25. The molecule has 1 aromatic rings. The molecular formula is C15H24FN3. The molecule has 1 aliphatic rings. The van der Waals surface area contributed by atoms with E-state index in [2.05, 4.69) is 24.4 Å². The number of nitrogens with zero attached hydrogens (tertiary/aromatic N) is 1. The van der Waals surface area contributed by atoms with Crippen LogP contribution in [0, 0.1) is 5.82 Å².